The summed E-state index contributed by atoms with van der Waals surface area (Å²) in [6.45, 7) is 11.2. The fourth-order valence-corrected chi connectivity index (χ4v) is 5.44. The van der Waals surface area contributed by atoms with Gasteiger partial charge in [0.25, 0.3) is 0 Å². The van der Waals surface area contributed by atoms with Crippen molar-refractivity contribution in [3.05, 3.63) is 102 Å². The third-order valence-corrected chi connectivity index (χ3v) is 7.71. The van der Waals surface area contributed by atoms with E-state index in [2.05, 4.69) is 109 Å². The van der Waals surface area contributed by atoms with E-state index in [0.29, 0.717) is 12.0 Å². The number of ether oxygens (including phenoxy) is 1. The lowest BCUT2D eigenvalue weighted by atomic mass is 9.90. The molecule has 36 heavy (non-hydrogen) atoms. The van der Waals surface area contributed by atoms with E-state index < -0.39 is 0 Å². The van der Waals surface area contributed by atoms with Gasteiger partial charge in [-0.15, -0.1) is 0 Å². The molecule has 0 amide bonds. The second-order valence-corrected chi connectivity index (χ2v) is 10.1. The van der Waals surface area contributed by atoms with Crippen molar-refractivity contribution in [2.75, 3.05) is 39.3 Å². The molecule has 0 saturated carbocycles. The van der Waals surface area contributed by atoms with Crippen LogP contribution in [-0.4, -0.2) is 55.2 Å². The van der Waals surface area contributed by atoms with Crippen molar-refractivity contribution in [3.63, 3.8) is 0 Å². The highest BCUT2D eigenvalue weighted by Crippen LogP contribution is 2.29. The maximum atomic E-state index is 6.59. The maximum absolute atomic E-state index is 6.59. The van der Waals surface area contributed by atoms with E-state index in [1.54, 1.807) is 0 Å². The number of nitrogens with zero attached hydrogens (tertiary/aromatic N) is 2. The quantitative estimate of drug-likeness (QED) is 0.242. The first-order valence-corrected chi connectivity index (χ1v) is 14.1. The fourth-order valence-electron chi connectivity index (χ4n) is 5.44. The minimum absolute atomic E-state index is 0.310. The zero-order valence-electron chi connectivity index (χ0n) is 22.3. The summed E-state index contributed by atoms with van der Waals surface area (Å²) in [5.74, 6) is 1.51. The van der Waals surface area contributed by atoms with Gasteiger partial charge in [0.05, 0.1) is 0 Å². The van der Waals surface area contributed by atoms with Crippen LogP contribution >= 0.6 is 0 Å². The second kappa shape index (κ2) is 14.2. The van der Waals surface area contributed by atoms with Crippen molar-refractivity contribution < 1.29 is 4.74 Å². The zero-order chi connectivity index (χ0) is 25.0. The Kier molecular flexibility index (Phi) is 10.4. The van der Waals surface area contributed by atoms with E-state index in [1.165, 1.54) is 36.1 Å². The van der Waals surface area contributed by atoms with Gasteiger partial charge in [-0.25, -0.2) is 0 Å². The predicted octanol–water partition coefficient (Wildman–Crippen LogP) is 7.03. The highest BCUT2D eigenvalue weighted by atomic mass is 16.5. The molecule has 0 atom stereocenters. The highest BCUT2D eigenvalue weighted by molar-refractivity contribution is 5.34. The lowest BCUT2D eigenvalue weighted by molar-refractivity contribution is 0.0980. The molecular weight excluding hydrogens is 440 g/mol. The van der Waals surface area contributed by atoms with Gasteiger partial charge in [0, 0.05) is 25.6 Å². The summed E-state index contributed by atoms with van der Waals surface area (Å²) in [6.07, 6.45) is 6.06. The fraction of sp³-hybridized carbons (Fsp3) is 0.455. The molecule has 0 bridgehead atoms. The Hall–Kier alpha value is -2.62. The predicted molar refractivity (Wildman–Crippen MR) is 152 cm³/mol. The first-order chi connectivity index (χ1) is 17.8. The Morgan fingerprint density at radius 1 is 0.778 bits per heavy atom. The number of hydrogen-bond acceptors (Lipinski definition) is 3. The van der Waals surface area contributed by atoms with Crippen molar-refractivity contribution in [1.82, 2.24) is 9.80 Å². The van der Waals surface area contributed by atoms with E-state index >= 15 is 0 Å². The lowest BCUT2D eigenvalue weighted by Crippen LogP contribution is -2.40. The SMILES string of the molecule is CCN(CC)CCCCc1ccccc1OC1CCN(CC(c2ccccc2)c2ccccc2)CC1. The van der Waals surface area contributed by atoms with Crippen LogP contribution in [0.2, 0.25) is 0 Å². The molecule has 3 heteroatoms. The summed E-state index contributed by atoms with van der Waals surface area (Å²) >= 11 is 0. The summed E-state index contributed by atoms with van der Waals surface area (Å²) in [5, 5.41) is 0. The summed E-state index contributed by atoms with van der Waals surface area (Å²) in [4.78, 5) is 5.14. The van der Waals surface area contributed by atoms with E-state index in [9.17, 15) is 0 Å². The third-order valence-electron chi connectivity index (χ3n) is 7.71. The minimum atomic E-state index is 0.310. The van der Waals surface area contributed by atoms with Crippen molar-refractivity contribution in [2.45, 2.75) is 58.0 Å². The van der Waals surface area contributed by atoms with Gasteiger partial charge in [-0.05, 0) is 74.5 Å². The van der Waals surface area contributed by atoms with Crippen LogP contribution in [0.25, 0.3) is 0 Å². The number of hydrogen-bond donors (Lipinski definition) is 0. The average molecular weight is 485 g/mol. The highest BCUT2D eigenvalue weighted by Gasteiger charge is 2.24. The van der Waals surface area contributed by atoms with Crippen LogP contribution in [0, 0.1) is 0 Å². The molecule has 1 heterocycles. The van der Waals surface area contributed by atoms with Gasteiger partial charge in [-0.3, -0.25) is 0 Å². The molecule has 0 N–H and O–H groups in total. The van der Waals surface area contributed by atoms with E-state index in [1.807, 2.05) is 0 Å². The standard InChI is InChI=1S/C33H44N2O/c1-3-34(4-2)24-14-13-20-30-19-11-12-21-33(30)36-31-22-25-35(26-23-31)27-32(28-15-7-5-8-16-28)29-17-9-6-10-18-29/h5-12,15-19,21,31-32H,3-4,13-14,20,22-27H2,1-2H3. The number of aryl methyl sites for hydroxylation is 1. The first-order valence-electron chi connectivity index (χ1n) is 14.1. The number of benzene rings is 3. The van der Waals surface area contributed by atoms with Crippen LogP contribution in [0.15, 0.2) is 84.9 Å². The molecule has 4 rings (SSSR count). The van der Waals surface area contributed by atoms with Gasteiger partial charge in [0.2, 0.25) is 0 Å². The molecule has 1 aliphatic rings. The second-order valence-electron chi connectivity index (χ2n) is 10.1. The first kappa shape index (κ1) is 26.4. The Bertz CT molecular complexity index is 955. The molecular formula is C33H44N2O. The van der Waals surface area contributed by atoms with Crippen LogP contribution in [0.4, 0.5) is 0 Å². The summed E-state index contributed by atoms with van der Waals surface area (Å²) in [7, 11) is 0. The molecule has 1 aliphatic heterocycles. The van der Waals surface area contributed by atoms with E-state index in [-0.39, 0.29) is 0 Å². The number of para-hydroxylation sites is 1. The van der Waals surface area contributed by atoms with Gasteiger partial charge in [0.1, 0.15) is 11.9 Å². The molecule has 1 saturated heterocycles. The molecule has 0 spiro atoms. The van der Waals surface area contributed by atoms with Gasteiger partial charge < -0.3 is 14.5 Å². The minimum Gasteiger partial charge on any atom is -0.490 e. The monoisotopic (exact) mass is 484 g/mol. The summed E-state index contributed by atoms with van der Waals surface area (Å²) in [5.41, 5.74) is 4.17. The lowest BCUT2D eigenvalue weighted by Gasteiger charge is -2.35. The molecule has 0 aliphatic carbocycles. The van der Waals surface area contributed by atoms with Crippen molar-refractivity contribution >= 4 is 0 Å². The van der Waals surface area contributed by atoms with Crippen molar-refractivity contribution in [3.8, 4) is 5.75 Å². The molecule has 3 aromatic carbocycles. The topological polar surface area (TPSA) is 15.7 Å². The Labute approximate surface area is 219 Å². The summed E-state index contributed by atoms with van der Waals surface area (Å²) < 4.78 is 6.59. The largest absolute Gasteiger partial charge is 0.490 e. The van der Waals surface area contributed by atoms with Crippen LogP contribution < -0.4 is 4.74 Å². The number of rotatable bonds is 13. The Morgan fingerprint density at radius 3 is 1.97 bits per heavy atom. The number of unbranched alkanes of at least 4 members (excludes halogenated alkanes) is 1. The molecule has 0 radical (unpaired) electrons. The van der Waals surface area contributed by atoms with Crippen LogP contribution in [0.5, 0.6) is 5.75 Å². The molecule has 192 valence electrons. The van der Waals surface area contributed by atoms with Crippen LogP contribution in [0.3, 0.4) is 0 Å². The number of piperidine rings is 1. The van der Waals surface area contributed by atoms with Crippen LogP contribution in [-0.2, 0) is 6.42 Å². The smallest absolute Gasteiger partial charge is 0.122 e. The van der Waals surface area contributed by atoms with Gasteiger partial charge >= 0.3 is 0 Å². The van der Waals surface area contributed by atoms with Gasteiger partial charge in [0.15, 0.2) is 0 Å². The molecule has 3 nitrogen and oxygen atoms in total. The Morgan fingerprint density at radius 2 is 1.36 bits per heavy atom. The normalized spacial score (nSPS) is 15.0. The average Bonchev–Trinajstić information content (AvgIpc) is 2.94. The van der Waals surface area contributed by atoms with Gasteiger partial charge in [-0.2, -0.15) is 0 Å². The third kappa shape index (κ3) is 7.69. The van der Waals surface area contributed by atoms with E-state index in [4.69, 9.17) is 4.74 Å². The number of likely N-dealkylation sites (tertiary alicyclic amines) is 1. The molecule has 1 fully saturated rings. The van der Waals surface area contributed by atoms with Crippen molar-refractivity contribution in [2.24, 2.45) is 0 Å². The van der Waals surface area contributed by atoms with Crippen LogP contribution in [0.1, 0.15) is 62.1 Å². The summed E-state index contributed by atoms with van der Waals surface area (Å²) in [6, 6.07) is 30.6. The molecule has 0 unspecified atom stereocenters. The van der Waals surface area contributed by atoms with Crippen molar-refractivity contribution in [1.29, 1.82) is 0 Å². The zero-order valence-corrected chi connectivity index (χ0v) is 22.3. The van der Waals surface area contributed by atoms with Gasteiger partial charge in [-0.1, -0.05) is 92.7 Å². The molecule has 3 aromatic rings. The molecule has 0 aromatic heterocycles. The Balaban J connectivity index is 1.29. The van der Waals surface area contributed by atoms with E-state index in [0.717, 1.165) is 57.7 Å². The maximum Gasteiger partial charge on any atom is 0.122 e.